The van der Waals surface area contributed by atoms with Gasteiger partial charge in [-0.1, -0.05) is 194 Å². The van der Waals surface area contributed by atoms with Gasteiger partial charge in [0.05, 0.1) is 11.4 Å². The highest BCUT2D eigenvalue weighted by Crippen LogP contribution is 2.55. The molecule has 0 saturated heterocycles. The Hall–Kier alpha value is -8.39. The van der Waals surface area contributed by atoms with Crippen molar-refractivity contribution in [1.29, 1.82) is 0 Å². The smallest absolute Gasteiger partial charge is 0.0709 e. The van der Waals surface area contributed by atoms with E-state index in [1.54, 1.807) is 0 Å². The van der Waals surface area contributed by atoms with Crippen LogP contribution in [-0.2, 0) is 0 Å². The number of rotatable bonds is 5. The molecule has 13 aromatic carbocycles. The highest BCUT2D eigenvalue weighted by Gasteiger charge is 2.27. The highest BCUT2D eigenvalue weighted by molar-refractivity contribution is 6.45. The van der Waals surface area contributed by atoms with Crippen molar-refractivity contribution in [1.82, 2.24) is 4.98 Å². The minimum absolute atomic E-state index is 0.975. The zero-order chi connectivity index (χ0) is 41.9. The number of nitrogens with zero attached hydrogens (tertiary/aromatic N) is 1. The van der Waals surface area contributed by atoms with Gasteiger partial charge in [0.25, 0.3) is 0 Å². The fraction of sp³-hybridized carbons (Fsp3) is 0. The molecule has 0 unspecified atom stereocenters. The third-order valence-corrected chi connectivity index (χ3v) is 13.9. The predicted octanol–water partition coefficient (Wildman–Crippen LogP) is 17.5. The van der Waals surface area contributed by atoms with Gasteiger partial charge in [0.15, 0.2) is 0 Å². The summed E-state index contributed by atoms with van der Waals surface area (Å²) in [7, 11) is 0. The maximum Gasteiger partial charge on any atom is 0.0709 e. The molecule has 0 amide bonds. The average molecular weight is 808 g/mol. The molecular formula is C63H37N. The number of hydrogen-bond donors (Lipinski definition) is 0. The maximum atomic E-state index is 5.06. The molecule has 0 atom stereocenters. The molecule has 1 heteroatoms. The maximum absolute atomic E-state index is 5.06. The van der Waals surface area contributed by atoms with E-state index >= 15 is 0 Å². The van der Waals surface area contributed by atoms with E-state index in [1.807, 2.05) is 6.07 Å². The molecule has 0 spiro atoms. The van der Waals surface area contributed by atoms with Gasteiger partial charge in [-0.25, -0.2) is 4.98 Å². The van der Waals surface area contributed by atoms with Crippen LogP contribution in [0.1, 0.15) is 0 Å². The number of aromatic nitrogens is 1. The van der Waals surface area contributed by atoms with E-state index in [0.29, 0.717) is 0 Å². The molecule has 0 bridgehead atoms. The predicted molar refractivity (Wildman–Crippen MR) is 274 cm³/mol. The third kappa shape index (κ3) is 5.04. The first-order chi connectivity index (χ1) is 31.8. The normalized spacial score (nSPS) is 12.1. The van der Waals surface area contributed by atoms with Crippen LogP contribution in [0.5, 0.6) is 0 Å². The summed E-state index contributed by atoms with van der Waals surface area (Å²) < 4.78 is 0. The molecular weight excluding hydrogens is 771 g/mol. The molecule has 14 rings (SSSR count). The Morgan fingerprint density at radius 1 is 0.219 bits per heavy atom. The Bertz CT molecular complexity index is 4150. The van der Waals surface area contributed by atoms with Crippen LogP contribution in [0.4, 0.5) is 0 Å². The number of fused-ring (bicyclic) bond motifs is 9. The van der Waals surface area contributed by atoms with Crippen LogP contribution in [-0.4, -0.2) is 4.98 Å². The molecule has 294 valence electrons. The van der Waals surface area contributed by atoms with Crippen LogP contribution in [0.25, 0.3) is 142 Å². The van der Waals surface area contributed by atoms with E-state index in [-0.39, 0.29) is 0 Å². The van der Waals surface area contributed by atoms with Crippen LogP contribution in [0.3, 0.4) is 0 Å². The molecule has 1 aromatic heterocycles. The van der Waals surface area contributed by atoms with E-state index in [2.05, 4.69) is 218 Å². The lowest BCUT2D eigenvalue weighted by molar-refractivity contribution is 1.32. The Morgan fingerprint density at radius 2 is 0.703 bits per heavy atom. The Labute approximate surface area is 369 Å². The van der Waals surface area contributed by atoms with Gasteiger partial charge in [0, 0.05) is 11.1 Å². The van der Waals surface area contributed by atoms with Crippen LogP contribution in [0.2, 0.25) is 0 Å². The first-order valence-corrected chi connectivity index (χ1v) is 22.2. The Morgan fingerprint density at radius 3 is 1.42 bits per heavy atom. The molecule has 0 aliphatic carbocycles. The monoisotopic (exact) mass is 807 g/mol. The van der Waals surface area contributed by atoms with E-state index < -0.39 is 0 Å². The summed E-state index contributed by atoms with van der Waals surface area (Å²) in [5, 5.41) is 20.8. The van der Waals surface area contributed by atoms with Gasteiger partial charge < -0.3 is 0 Å². The van der Waals surface area contributed by atoms with Gasteiger partial charge in [-0.3, -0.25) is 0 Å². The minimum Gasteiger partial charge on any atom is -0.248 e. The molecule has 0 aliphatic heterocycles. The van der Waals surface area contributed by atoms with Gasteiger partial charge in [-0.2, -0.15) is 0 Å². The van der Waals surface area contributed by atoms with Gasteiger partial charge in [-0.05, 0) is 150 Å². The summed E-state index contributed by atoms with van der Waals surface area (Å²) >= 11 is 0. The molecule has 0 N–H and O–H groups in total. The second-order valence-corrected chi connectivity index (χ2v) is 17.3. The summed E-state index contributed by atoms with van der Waals surface area (Å²) in [6.07, 6.45) is 0. The molecule has 0 saturated carbocycles. The number of benzene rings is 11. The van der Waals surface area contributed by atoms with Gasteiger partial charge in [0.1, 0.15) is 0 Å². The first-order valence-electron chi connectivity index (χ1n) is 22.2. The quantitative estimate of drug-likeness (QED) is 0.158. The van der Waals surface area contributed by atoms with Crippen molar-refractivity contribution in [2.24, 2.45) is 0 Å². The van der Waals surface area contributed by atoms with E-state index in [4.69, 9.17) is 4.98 Å². The Balaban J connectivity index is 1.04. The van der Waals surface area contributed by atoms with E-state index in [1.165, 1.54) is 120 Å². The second-order valence-electron chi connectivity index (χ2n) is 17.3. The number of pyridine rings is 1. The van der Waals surface area contributed by atoms with Crippen LogP contribution < -0.4 is 0 Å². The first kappa shape index (κ1) is 35.2. The molecule has 64 heavy (non-hydrogen) atoms. The lowest BCUT2D eigenvalue weighted by Crippen LogP contribution is -1.91. The van der Waals surface area contributed by atoms with Crippen molar-refractivity contribution in [3.63, 3.8) is 0 Å². The molecule has 0 aliphatic rings. The summed E-state index contributed by atoms with van der Waals surface area (Å²) in [6, 6.07) is 82.8. The molecule has 1 heterocycles. The number of hydrogen-bond acceptors (Lipinski definition) is 1. The van der Waals surface area contributed by atoms with Crippen LogP contribution in [0.15, 0.2) is 224 Å². The van der Waals surface area contributed by atoms with Crippen molar-refractivity contribution in [3.8, 4) is 55.9 Å². The standard InChI is InChI=1S/C63H37N/c1-4-15-38(16-5-1)55-27-14-28-56(64-55)44-32-30-41-35-43(31-29-42(41)36-44)45-33-34-52-59-48(45)23-12-26-51(59)62-57(39-17-6-2-7-18-39)54-37-53-47-22-11-10-21-46(47)49-24-13-25-50(60(49)53)61(54)58(63(52)62)40-19-8-3-9-20-40/h1-37H. The molecule has 1 nitrogen and oxygen atoms in total. The largest absolute Gasteiger partial charge is 0.248 e. The zero-order valence-electron chi connectivity index (χ0n) is 34.8. The van der Waals surface area contributed by atoms with Crippen molar-refractivity contribution in [2.45, 2.75) is 0 Å². The van der Waals surface area contributed by atoms with Crippen molar-refractivity contribution in [2.75, 3.05) is 0 Å². The lowest BCUT2D eigenvalue weighted by atomic mass is 9.84. The summed E-state index contributed by atoms with van der Waals surface area (Å²) in [4.78, 5) is 5.06. The summed E-state index contributed by atoms with van der Waals surface area (Å²) in [5.41, 5.74) is 11.7. The lowest BCUT2D eigenvalue weighted by Gasteiger charge is -2.19. The van der Waals surface area contributed by atoms with Gasteiger partial charge in [-0.15, -0.1) is 0 Å². The summed E-state index contributed by atoms with van der Waals surface area (Å²) in [6.45, 7) is 0. The summed E-state index contributed by atoms with van der Waals surface area (Å²) in [5.74, 6) is 0. The van der Waals surface area contributed by atoms with Gasteiger partial charge in [0.2, 0.25) is 0 Å². The van der Waals surface area contributed by atoms with Crippen molar-refractivity contribution < 1.29 is 0 Å². The van der Waals surface area contributed by atoms with Crippen molar-refractivity contribution in [3.05, 3.63) is 224 Å². The van der Waals surface area contributed by atoms with E-state index in [0.717, 1.165) is 22.5 Å². The molecule has 0 radical (unpaired) electrons. The minimum atomic E-state index is 0.975. The molecule has 0 fully saturated rings. The van der Waals surface area contributed by atoms with Crippen molar-refractivity contribution >= 4 is 86.2 Å². The van der Waals surface area contributed by atoms with Crippen LogP contribution >= 0.6 is 0 Å². The fourth-order valence-electron chi connectivity index (χ4n) is 11.2. The van der Waals surface area contributed by atoms with Gasteiger partial charge >= 0.3 is 0 Å². The zero-order valence-corrected chi connectivity index (χ0v) is 34.8. The third-order valence-electron chi connectivity index (χ3n) is 13.9. The fourth-order valence-corrected chi connectivity index (χ4v) is 11.2. The Kier molecular flexibility index (Phi) is 7.46. The van der Waals surface area contributed by atoms with E-state index in [9.17, 15) is 0 Å². The topological polar surface area (TPSA) is 12.9 Å². The molecule has 14 aromatic rings. The highest BCUT2D eigenvalue weighted by atomic mass is 14.7. The average Bonchev–Trinajstić information content (AvgIpc) is 3.88. The second kappa shape index (κ2) is 13.6. The SMILES string of the molecule is c1ccc(-c2cccc(-c3ccc4cc(-c5ccc6c7c(-c8ccccc8)c8c(cc9c%10ccccc%10c%10cccc8c%109)c(-c8ccccc8)c7c7cccc5c76)ccc4c3)n2)cc1. The van der Waals surface area contributed by atoms with Crippen LogP contribution in [0, 0.1) is 0 Å².